The summed E-state index contributed by atoms with van der Waals surface area (Å²) in [7, 11) is 0. The Balaban J connectivity index is 1.38. The van der Waals surface area contributed by atoms with E-state index in [0.717, 1.165) is 17.9 Å². The van der Waals surface area contributed by atoms with E-state index in [-0.39, 0.29) is 5.60 Å². The molecule has 0 bridgehead atoms. The molecule has 0 aromatic carbocycles. The Morgan fingerprint density at radius 1 is 1.12 bits per heavy atom. The lowest BCUT2D eigenvalue weighted by molar-refractivity contribution is -0.0146. The summed E-state index contributed by atoms with van der Waals surface area (Å²) in [5, 5.41) is 3.66. The number of ether oxygens (including phenoxy) is 1. The highest BCUT2D eigenvalue weighted by Crippen LogP contribution is 2.60. The molecule has 3 rings (SSSR count). The molecular formula is C14H25NO. The number of nitrogens with one attached hydrogen (secondary N) is 1. The molecule has 3 aliphatic rings. The molecule has 0 spiro atoms. The first-order chi connectivity index (χ1) is 7.60. The van der Waals surface area contributed by atoms with Crippen LogP contribution in [-0.4, -0.2) is 24.8 Å². The van der Waals surface area contributed by atoms with E-state index in [2.05, 4.69) is 19.2 Å². The van der Waals surface area contributed by atoms with Gasteiger partial charge in [-0.25, -0.2) is 0 Å². The van der Waals surface area contributed by atoms with Gasteiger partial charge < -0.3 is 10.1 Å². The number of hydrogen-bond donors (Lipinski definition) is 1. The Bertz CT molecular complexity index is 266. The first kappa shape index (κ1) is 11.0. The summed E-state index contributed by atoms with van der Waals surface area (Å²) in [6.07, 6.45) is 8.85. The maximum absolute atomic E-state index is 6.00. The summed E-state index contributed by atoms with van der Waals surface area (Å²) in [6, 6.07) is 0. The average molecular weight is 223 g/mol. The van der Waals surface area contributed by atoms with E-state index in [1.165, 1.54) is 45.1 Å². The quantitative estimate of drug-likeness (QED) is 0.774. The SMILES string of the molecule is CC1(C)CCC(CNCC2(C3CC3)CC2)O1. The Kier molecular flexibility index (Phi) is 2.56. The minimum Gasteiger partial charge on any atom is -0.371 e. The fraction of sp³-hybridized carbons (Fsp3) is 1.00. The monoisotopic (exact) mass is 223 g/mol. The van der Waals surface area contributed by atoms with Gasteiger partial charge in [0.15, 0.2) is 0 Å². The summed E-state index contributed by atoms with van der Waals surface area (Å²) >= 11 is 0. The van der Waals surface area contributed by atoms with Crippen molar-refractivity contribution >= 4 is 0 Å². The zero-order valence-electron chi connectivity index (χ0n) is 10.7. The van der Waals surface area contributed by atoms with Gasteiger partial charge in [-0.15, -0.1) is 0 Å². The standard InChI is InChI=1S/C14H25NO/c1-13(2)6-5-12(16-13)9-15-10-14(7-8-14)11-3-4-11/h11-12,15H,3-10H2,1-2H3. The Morgan fingerprint density at radius 3 is 2.38 bits per heavy atom. The molecule has 2 saturated carbocycles. The summed E-state index contributed by atoms with van der Waals surface area (Å²) in [5.41, 5.74) is 0.855. The van der Waals surface area contributed by atoms with Gasteiger partial charge >= 0.3 is 0 Å². The molecule has 1 unspecified atom stereocenters. The zero-order valence-corrected chi connectivity index (χ0v) is 10.7. The molecule has 2 heteroatoms. The summed E-state index contributed by atoms with van der Waals surface area (Å²) < 4.78 is 6.00. The summed E-state index contributed by atoms with van der Waals surface area (Å²) in [5.74, 6) is 1.07. The predicted octanol–water partition coefficient (Wildman–Crippen LogP) is 2.72. The molecule has 0 aromatic heterocycles. The topological polar surface area (TPSA) is 21.3 Å². The molecule has 1 atom stereocenters. The smallest absolute Gasteiger partial charge is 0.0707 e. The van der Waals surface area contributed by atoms with Crippen LogP contribution in [0, 0.1) is 11.3 Å². The number of hydrogen-bond acceptors (Lipinski definition) is 2. The van der Waals surface area contributed by atoms with Crippen LogP contribution in [0.25, 0.3) is 0 Å². The fourth-order valence-corrected chi connectivity index (χ4v) is 3.29. The molecule has 1 heterocycles. The van der Waals surface area contributed by atoms with Gasteiger partial charge in [-0.05, 0) is 63.7 Å². The Morgan fingerprint density at radius 2 is 1.88 bits per heavy atom. The lowest BCUT2D eigenvalue weighted by atomic mass is 10.0. The molecule has 92 valence electrons. The van der Waals surface area contributed by atoms with E-state index >= 15 is 0 Å². The van der Waals surface area contributed by atoms with Gasteiger partial charge in [0.25, 0.3) is 0 Å². The molecule has 0 radical (unpaired) electrons. The highest BCUT2D eigenvalue weighted by molar-refractivity contribution is 5.05. The zero-order chi connectivity index (χ0) is 11.2. The first-order valence-electron chi connectivity index (χ1n) is 6.98. The van der Waals surface area contributed by atoms with Crippen LogP contribution >= 0.6 is 0 Å². The van der Waals surface area contributed by atoms with Crippen molar-refractivity contribution in [2.45, 2.75) is 64.1 Å². The summed E-state index contributed by atoms with van der Waals surface area (Å²) in [6.45, 7) is 6.73. The van der Waals surface area contributed by atoms with Gasteiger partial charge in [-0.3, -0.25) is 0 Å². The van der Waals surface area contributed by atoms with Crippen LogP contribution in [0.5, 0.6) is 0 Å². The van der Waals surface area contributed by atoms with Crippen LogP contribution in [-0.2, 0) is 4.74 Å². The minimum atomic E-state index is 0.125. The largest absolute Gasteiger partial charge is 0.371 e. The number of rotatable bonds is 5. The van der Waals surface area contributed by atoms with Gasteiger partial charge in [0.1, 0.15) is 0 Å². The molecule has 0 amide bonds. The van der Waals surface area contributed by atoms with Crippen LogP contribution < -0.4 is 5.32 Å². The van der Waals surface area contributed by atoms with E-state index < -0.39 is 0 Å². The van der Waals surface area contributed by atoms with Gasteiger partial charge in [0.05, 0.1) is 11.7 Å². The highest BCUT2D eigenvalue weighted by atomic mass is 16.5. The van der Waals surface area contributed by atoms with Crippen LogP contribution in [0.3, 0.4) is 0 Å². The van der Waals surface area contributed by atoms with Crippen molar-refractivity contribution < 1.29 is 4.74 Å². The fourth-order valence-electron chi connectivity index (χ4n) is 3.29. The lowest BCUT2D eigenvalue weighted by Crippen LogP contribution is -2.33. The molecule has 2 nitrogen and oxygen atoms in total. The van der Waals surface area contributed by atoms with Crippen molar-refractivity contribution in [3.8, 4) is 0 Å². The summed E-state index contributed by atoms with van der Waals surface area (Å²) in [4.78, 5) is 0. The third-order valence-corrected chi connectivity index (χ3v) is 4.74. The van der Waals surface area contributed by atoms with Gasteiger partial charge in [0, 0.05) is 13.1 Å². The molecule has 2 aliphatic carbocycles. The second kappa shape index (κ2) is 3.71. The molecule has 3 fully saturated rings. The van der Waals surface area contributed by atoms with Crippen LogP contribution in [0.15, 0.2) is 0 Å². The van der Waals surface area contributed by atoms with Gasteiger partial charge in [-0.2, -0.15) is 0 Å². The maximum Gasteiger partial charge on any atom is 0.0707 e. The van der Waals surface area contributed by atoms with E-state index in [0.29, 0.717) is 6.10 Å². The molecular weight excluding hydrogens is 198 g/mol. The van der Waals surface area contributed by atoms with Crippen molar-refractivity contribution in [1.82, 2.24) is 5.32 Å². The van der Waals surface area contributed by atoms with E-state index in [4.69, 9.17) is 4.74 Å². The lowest BCUT2D eigenvalue weighted by Gasteiger charge is -2.21. The Labute approximate surface area is 99.1 Å². The van der Waals surface area contributed by atoms with Crippen LogP contribution in [0.1, 0.15) is 52.4 Å². The minimum absolute atomic E-state index is 0.125. The van der Waals surface area contributed by atoms with Crippen molar-refractivity contribution in [2.24, 2.45) is 11.3 Å². The molecule has 16 heavy (non-hydrogen) atoms. The molecule has 0 aromatic rings. The van der Waals surface area contributed by atoms with Crippen molar-refractivity contribution in [2.75, 3.05) is 13.1 Å². The van der Waals surface area contributed by atoms with E-state index in [1.54, 1.807) is 0 Å². The van der Waals surface area contributed by atoms with Crippen molar-refractivity contribution in [1.29, 1.82) is 0 Å². The third kappa shape index (κ3) is 2.28. The third-order valence-electron chi connectivity index (χ3n) is 4.74. The second-order valence-electron chi connectivity index (χ2n) is 6.81. The Hall–Kier alpha value is -0.0800. The molecule has 1 aliphatic heterocycles. The molecule has 1 saturated heterocycles. The highest BCUT2D eigenvalue weighted by Gasteiger charge is 2.53. The van der Waals surface area contributed by atoms with Gasteiger partial charge in [-0.1, -0.05) is 0 Å². The normalized spacial score (nSPS) is 35.2. The van der Waals surface area contributed by atoms with Crippen LogP contribution in [0.2, 0.25) is 0 Å². The molecule has 1 N–H and O–H groups in total. The maximum atomic E-state index is 6.00. The average Bonchev–Trinajstić information content (AvgIpc) is 3.07. The van der Waals surface area contributed by atoms with Crippen molar-refractivity contribution in [3.05, 3.63) is 0 Å². The van der Waals surface area contributed by atoms with Gasteiger partial charge in [0.2, 0.25) is 0 Å². The first-order valence-corrected chi connectivity index (χ1v) is 6.98. The van der Waals surface area contributed by atoms with E-state index in [9.17, 15) is 0 Å². The second-order valence-corrected chi connectivity index (χ2v) is 6.81. The van der Waals surface area contributed by atoms with Crippen molar-refractivity contribution in [3.63, 3.8) is 0 Å². The van der Waals surface area contributed by atoms with Crippen LogP contribution in [0.4, 0.5) is 0 Å². The predicted molar refractivity (Wildman–Crippen MR) is 65.4 cm³/mol. The van der Waals surface area contributed by atoms with E-state index in [1.807, 2.05) is 0 Å².